The van der Waals surface area contributed by atoms with Crippen molar-refractivity contribution in [3.8, 4) is 0 Å². The smallest absolute Gasteiger partial charge is 0.327 e. The highest BCUT2D eigenvalue weighted by Gasteiger charge is 2.33. The molecule has 2 heterocycles. The van der Waals surface area contributed by atoms with Gasteiger partial charge in [0.15, 0.2) is 11.2 Å². The number of aryl methyl sites for hydroxylation is 1. The summed E-state index contributed by atoms with van der Waals surface area (Å²) >= 11 is 6.02. The number of H-pyrrole nitrogens is 1. The summed E-state index contributed by atoms with van der Waals surface area (Å²) < 4.78 is 0. The van der Waals surface area contributed by atoms with E-state index in [1.54, 1.807) is 6.92 Å². The third-order valence-corrected chi connectivity index (χ3v) is 3.82. The number of nitrogens with zero attached hydrogens (tertiary/aromatic N) is 3. The molecule has 1 unspecified atom stereocenters. The Morgan fingerprint density at radius 2 is 2.11 bits per heavy atom. The van der Waals surface area contributed by atoms with Gasteiger partial charge in [0.25, 0.3) is 0 Å². The third kappa shape index (κ3) is 3.08. The number of likely N-dealkylation sites (N-methyl/N-ethyl adjacent to an activating group) is 1. The SMILES string of the molecule is CCN1CCN(C(C(=O)O)c2[nH]c(C)nc2Cl)CC1. The summed E-state index contributed by atoms with van der Waals surface area (Å²) in [6.45, 7) is 8.08. The lowest BCUT2D eigenvalue weighted by molar-refractivity contribution is -0.144. The Hall–Kier alpha value is -1.11. The standard InChI is InChI=1S/C12H19ClN4O2/c1-3-16-4-6-17(7-5-16)10(12(18)19)9-11(13)15-8(2)14-9/h10H,3-7H2,1-2H3,(H,14,15)(H,18,19). The van der Waals surface area contributed by atoms with E-state index in [4.69, 9.17) is 11.6 Å². The van der Waals surface area contributed by atoms with Crippen LogP contribution in [-0.4, -0.2) is 63.6 Å². The number of rotatable bonds is 4. The van der Waals surface area contributed by atoms with Crippen LogP contribution >= 0.6 is 11.6 Å². The van der Waals surface area contributed by atoms with Gasteiger partial charge in [-0.15, -0.1) is 0 Å². The molecule has 19 heavy (non-hydrogen) atoms. The summed E-state index contributed by atoms with van der Waals surface area (Å²) in [5.41, 5.74) is 0.483. The first kappa shape index (κ1) is 14.3. The molecule has 2 rings (SSSR count). The normalized spacial score (nSPS) is 19.5. The molecular formula is C12H19ClN4O2. The van der Waals surface area contributed by atoms with Gasteiger partial charge >= 0.3 is 5.97 Å². The quantitative estimate of drug-likeness (QED) is 0.868. The molecule has 0 radical (unpaired) electrons. The third-order valence-electron chi connectivity index (χ3n) is 3.53. The number of aromatic nitrogens is 2. The minimum Gasteiger partial charge on any atom is -0.480 e. The van der Waals surface area contributed by atoms with Gasteiger partial charge in [0.1, 0.15) is 5.82 Å². The van der Waals surface area contributed by atoms with E-state index in [1.165, 1.54) is 0 Å². The molecule has 2 N–H and O–H groups in total. The largest absolute Gasteiger partial charge is 0.480 e. The first-order valence-electron chi connectivity index (χ1n) is 6.44. The van der Waals surface area contributed by atoms with Gasteiger partial charge in [0, 0.05) is 26.2 Å². The van der Waals surface area contributed by atoms with Gasteiger partial charge in [0.2, 0.25) is 0 Å². The van der Waals surface area contributed by atoms with Crippen LogP contribution < -0.4 is 0 Å². The van der Waals surface area contributed by atoms with Crippen LogP contribution in [0.4, 0.5) is 0 Å². The number of aliphatic carboxylic acids is 1. The summed E-state index contributed by atoms with van der Waals surface area (Å²) in [4.78, 5) is 22.8. The number of hydrogen-bond donors (Lipinski definition) is 2. The number of hydrogen-bond acceptors (Lipinski definition) is 4. The second-order valence-corrected chi connectivity index (χ2v) is 5.10. The Labute approximate surface area is 117 Å². The average Bonchev–Trinajstić information content (AvgIpc) is 2.69. The van der Waals surface area contributed by atoms with Crippen LogP contribution in [0.5, 0.6) is 0 Å². The van der Waals surface area contributed by atoms with E-state index >= 15 is 0 Å². The minimum absolute atomic E-state index is 0.253. The zero-order valence-electron chi connectivity index (χ0n) is 11.2. The number of nitrogens with one attached hydrogen (secondary N) is 1. The molecule has 1 aromatic heterocycles. The Morgan fingerprint density at radius 1 is 1.47 bits per heavy atom. The van der Waals surface area contributed by atoms with Gasteiger partial charge < -0.3 is 15.0 Å². The predicted octanol–water partition coefficient (Wildman–Crippen LogP) is 1.13. The Kier molecular flexibility index (Phi) is 4.44. The fourth-order valence-corrected chi connectivity index (χ4v) is 2.74. The second kappa shape index (κ2) is 5.90. The zero-order valence-corrected chi connectivity index (χ0v) is 11.9. The van der Waals surface area contributed by atoms with Crippen LogP contribution in [0.1, 0.15) is 24.5 Å². The lowest BCUT2D eigenvalue weighted by atomic mass is 10.1. The summed E-state index contributed by atoms with van der Waals surface area (Å²) in [7, 11) is 0. The molecule has 1 atom stereocenters. The van der Waals surface area contributed by atoms with Crippen LogP contribution in [0.2, 0.25) is 5.15 Å². The number of carbonyl (C=O) groups is 1. The molecule has 7 heteroatoms. The van der Waals surface area contributed by atoms with Crippen molar-refractivity contribution < 1.29 is 9.90 Å². The zero-order chi connectivity index (χ0) is 14.0. The molecule has 1 fully saturated rings. The first-order chi connectivity index (χ1) is 9.02. The lowest BCUT2D eigenvalue weighted by Crippen LogP contribution is -2.49. The topological polar surface area (TPSA) is 72.5 Å². The van der Waals surface area contributed by atoms with E-state index in [0.29, 0.717) is 11.5 Å². The molecule has 0 spiro atoms. The van der Waals surface area contributed by atoms with Crippen LogP contribution in [0.3, 0.4) is 0 Å². The Bertz CT molecular complexity index is 455. The molecule has 1 saturated heterocycles. The van der Waals surface area contributed by atoms with E-state index in [-0.39, 0.29) is 5.15 Å². The molecule has 106 valence electrons. The van der Waals surface area contributed by atoms with Crippen LogP contribution in [-0.2, 0) is 4.79 Å². The molecule has 0 saturated carbocycles. The van der Waals surface area contributed by atoms with Gasteiger partial charge in [-0.05, 0) is 13.5 Å². The maximum Gasteiger partial charge on any atom is 0.327 e. The van der Waals surface area contributed by atoms with Crippen molar-refractivity contribution in [3.63, 3.8) is 0 Å². The molecule has 0 aliphatic carbocycles. The van der Waals surface area contributed by atoms with Gasteiger partial charge in [-0.2, -0.15) is 0 Å². The summed E-state index contributed by atoms with van der Waals surface area (Å²) in [6.07, 6.45) is 0. The monoisotopic (exact) mass is 286 g/mol. The van der Waals surface area contributed by atoms with Gasteiger partial charge in [-0.1, -0.05) is 18.5 Å². The highest BCUT2D eigenvalue weighted by atomic mass is 35.5. The number of carboxylic acid groups (broad SMARTS) is 1. The van der Waals surface area contributed by atoms with Crippen molar-refractivity contribution >= 4 is 17.6 Å². The molecule has 0 bridgehead atoms. The Morgan fingerprint density at radius 3 is 2.53 bits per heavy atom. The number of piperazine rings is 1. The average molecular weight is 287 g/mol. The van der Waals surface area contributed by atoms with Gasteiger partial charge in [-0.3, -0.25) is 9.69 Å². The second-order valence-electron chi connectivity index (χ2n) is 4.74. The van der Waals surface area contributed by atoms with Crippen molar-refractivity contribution in [1.82, 2.24) is 19.8 Å². The number of imidazole rings is 1. The van der Waals surface area contributed by atoms with Crippen LogP contribution in [0.25, 0.3) is 0 Å². The number of aromatic amines is 1. The highest BCUT2D eigenvalue weighted by molar-refractivity contribution is 6.30. The molecule has 1 aromatic rings. The predicted molar refractivity (Wildman–Crippen MR) is 72.4 cm³/mol. The number of carboxylic acids is 1. The van der Waals surface area contributed by atoms with Crippen molar-refractivity contribution in [2.75, 3.05) is 32.7 Å². The molecule has 1 aliphatic heterocycles. The van der Waals surface area contributed by atoms with Gasteiger partial charge in [0.05, 0.1) is 5.69 Å². The summed E-state index contributed by atoms with van der Waals surface area (Å²) in [5.74, 6) is -0.256. The van der Waals surface area contributed by atoms with Crippen LogP contribution in [0.15, 0.2) is 0 Å². The molecule has 0 aromatic carbocycles. The fourth-order valence-electron chi connectivity index (χ4n) is 2.46. The minimum atomic E-state index is -0.893. The van der Waals surface area contributed by atoms with Crippen molar-refractivity contribution in [2.45, 2.75) is 19.9 Å². The summed E-state index contributed by atoms with van der Waals surface area (Å²) in [5, 5.41) is 9.73. The van der Waals surface area contributed by atoms with E-state index in [0.717, 1.165) is 32.7 Å². The van der Waals surface area contributed by atoms with Crippen LogP contribution in [0, 0.1) is 6.92 Å². The molecule has 1 aliphatic rings. The maximum atomic E-state index is 11.6. The summed E-state index contributed by atoms with van der Waals surface area (Å²) in [6, 6.07) is -0.743. The number of halogens is 1. The van der Waals surface area contributed by atoms with Gasteiger partial charge in [-0.25, -0.2) is 4.98 Å². The molecular weight excluding hydrogens is 268 g/mol. The lowest BCUT2D eigenvalue weighted by Gasteiger charge is -2.36. The van der Waals surface area contributed by atoms with E-state index in [2.05, 4.69) is 21.8 Å². The van der Waals surface area contributed by atoms with Crippen molar-refractivity contribution in [2.24, 2.45) is 0 Å². The van der Waals surface area contributed by atoms with E-state index in [9.17, 15) is 9.90 Å². The molecule has 6 nitrogen and oxygen atoms in total. The van der Waals surface area contributed by atoms with E-state index in [1.807, 2.05) is 4.90 Å². The first-order valence-corrected chi connectivity index (χ1v) is 6.82. The highest BCUT2D eigenvalue weighted by Crippen LogP contribution is 2.26. The fraction of sp³-hybridized carbons (Fsp3) is 0.667. The van der Waals surface area contributed by atoms with Crippen molar-refractivity contribution in [1.29, 1.82) is 0 Å². The Balaban J connectivity index is 2.18. The van der Waals surface area contributed by atoms with E-state index < -0.39 is 12.0 Å². The molecule has 0 amide bonds. The van der Waals surface area contributed by atoms with Crippen molar-refractivity contribution in [3.05, 3.63) is 16.7 Å². The maximum absolute atomic E-state index is 11.6.